The lowest BCUT2D eigenvalue weighted by atomic mass is 10.00. The van der Waals surface area contributed by atoms with Crippen LogP contribution in [0.25, 0.3) is 0 Å². The van der Waals surface area contributed by atoms with Crippen LogP contribution in [0.3, 0.4) is 0 Å². The molecule has 0 radical (unpaired) electrons. The number of aromatic nitrogens is 1. The Bertz CT molecular complexity index is 1480. The number of benzene rings is 1. The number of rotatable bonds is 6. The maximum absolute atomic E-state index is 14.9. The molecule has 2 atom stereocenters. The first-order valence-corrected chi connectivity index (χ1v) is 13.5. The van der Waals surface area contributed by atoms with Crippen molar-refractivity contribution in [2.24, 2.45) is 4.99 Å². The highest BCUT2D eigenvalue weighted by atomic mass is 32.1. The molecule has 2 aromatic heterocycles. The molecule has 2 aliphatic heterocycles. The van der Waals surface area contributed by atoms with E-state index < -0.39 is 35.3 Å². The maximum Gasteiger partial charge on any atom is 0.416 e. The largest absolute Gasteiger partial charge is 0.497 e. The van der Waals surface area contributed by atoms with E-state index in [9.17, 15) is 27.5 Å². The number of nitrogens with zero attached hydrogens (tertiary/aromatic N) is 5. The van der Waals surface area contributed by atoms with Gasteiger partial charge in [0.1, 0.15) is 23.0 Å². The fourth-order valence-corrected chi connectivity index (χ4v) is 5.98. The van der Waals surface area contributed by atoms with Crippen LogP contribution in [0.15, 0.2) is 46.9 Å². The summed E-state index contributed by atoms with van der Waals surface area (Å²) in [5, 5.41) is 10.7. The number of guanidine groups is 1. The number of aliphatic carboxylic acids is 1. The second-order valence-electron chi connectivity index (χ2n) is 9.64. The van der Waals surface area contributed by atoms with Crippen molar-refractivity contribution in [1.82, 2.24) is 9.88 Å². The number of methoxy groups -OCH3 is 2. The third-order valence-electron chi connectivity index (χ3n) is 7.14. The summed E-state index contributed by atoms with van der Waals surface area (Å²) >= 11 is 0.765. The van der Waals surface area contributed by atoms with E-state index in [1.54, 1.807) is 25.4 Å². The van der Waals surface area contributed by atoms with Gasteiger partial charge in [-0.2, -0.15) is 17.6 Å². The van der Waals surface area contributed by atoms with Crippen LogP contribution >= 0.6 is 11.3 Å². The lowest BCUT2D eigenvalue weighted by Crippen LogP contribution is -2.58. The van der Waals surface area contributed by atoms with Gasteiger partial charge in [-0.3, -0.25) is 4.79 Å². The van der Waals surface area contributed by atoms with Crippen molar-refractivity contribution >= 4 is 40.5 Å². The monoisotopic (exact) mass is 593 g/mol. The number of ether oxygens (including phenoxy) is 2. The van der Waals surface area contributed by atoms with Crippen LogP contribution in [0.2, 0.25) is 0 Å². The number of carboxylic acids is 1. The normalized spacial score (nSPS) is 19.1. The Morgan fingerprint density at radius 2 is 1.95 bits per heavy atom. The van der Waals surface area contributed by atoms with E-state index in [2.05, 4.69) is 14.9 Å². The number of hydrogen-bond donors (Lipinski definition) is 1. The molecule has 9 nitrogen and oxygen atoms in total. The van der Waals surface area contributed by atoms with Crippen molar-refractivity contribution in [3.8, 4) is 11.5 Å². The predicted octanol–water partition coefficient (Wildman–Crippen LogP) is 5.55. The topological polar surface area (TPSA) is 90.7 Å². The molecule has 0 aliphatic carbocycles. The molecule has 5 rings (SSSR count). The van der Waals surface area contributed by atoms with E-state index in [1.807, 2.05) is 11.8 Å². The second-order valence-corrected chi connectivity index (χ2v) is 10.5. The summed E-state index contributed by atoms with van der Waals surface area (Å²) in [6.45, 7) is 3.10. The lowest BCUT2D eigenvalue weighted by Gasteiger charge is -2.46. The first-order valence-electron chi connectivity index (χ1n) is 12.6. The van der Waals surface area contributed by atoms with Gasteiger partial charge in [-0.25, -0.2) is 9.98 Å². The Labute approximate surface area is 237 Å². The molecule has 1 unspecified atom stereocenters. The van der Waals surface area contributed by atoms with Gasteiger partial charge in [-0.15, -0.1) is 11.3 Å². The lowest BCUT2D eigenvalue weighted by molar-refractivity contribution is -0.138. The van der Waals surface area contributed by atoms with Gasteiger partial charge in [-0.1, -0.05) is 0 Å². The van der Waals surface area contributed by atoms with Gasteiger partial charge in [0, 0.05) is 48.9 Å². The molecule has 4 heterocycles. The van der Waals surface area contributed by atoms with Crippen LogP contribution in [0.4, 0.5) is 34.8 Å². The maximum atomic E-state index is 14.9. The second kappa shape index (κ2) is 11.1. The molecule has 0 saturated carbocycles. The smallest absolute Gasteiger partial charge is 0.416 e. The summed E-state index contributed by atoms with van der Waals surface area (Å²) in [5.41, 5.74) is -0.686. The highest BCUT2D eigenvalue weighted by Crippen LogP contribution is 2.47. The number of pyridine rings is 1. The zero-order valence-corrected chi connectivity index (χ0v) is 23.2. The zero-order chi connectivity index (χ0) is 29.5. The van der Waals surface area contributed by atoms with Gasteiger partial charge >= 0.3 is 12.1 Å². The standard InChI is InChI=1S/C27H27F4N5O4S/c1-15-13-34(8-9-35(15)22-11-17(39-2)6-7-32-22)26-33-24-18(14-41-25(24)28)19(12-23(37)38)36(26)20-10-16(27(29,30)31)4-5-21(20)40-3/h4-7,10-11,14-15,19H,8-9,12-13H2,1-3H3,(H,37,38)/t15-,19?/m1/s1. The van der Waals surface area contributed by atoms with Crippen LogP contribution in [0, 0.1) is 5.13 Å². The van der Waals surface area contributed by atoms with Gasteiger partial charge in [0.15, 0.2) is 0 Å². The number of thiophene rings is 1. The number of alkyl halides is 3. The molecule has 0 amide bonds. The quantitative estimate of drug-likeness (QED) is 0.372. The first kappa shape index (κ1) is 28.5. The predicted molar refractivity (Wildman–Crippen MR) is 146 cm³/mol. The molecule has 1 fully saturated rings. The highest BCUT2D eigenvalue weighted by molar-refractivity contribution is 7.08. The number of fused-ring (bicyclic) bond motifs is 1. The summed E-state index contributed by atoms with van der Waals surface area (Å²) in [7, 11) is 2.88. The highest BCUT2D eigenvalue weighted by Gasteiger charge is 2.41. The van der Waals surface area contributed by atoms with Crippen molar-refractivity contribution in [3.05, 3.63) is 58.2 Å². The van der Waals surface area contributed by atoms with E-state index in [4.69, 9.17) is 9.47 Å². The summed E-state index contributed by atoms with van der Waals surface area (Å²) in [5.74, 6) is 0.359. The number of aliphatic imine (C=N–C) groups is 1. The minimum Gasteiger partial charge on any atom is -0.497 e. The summed E-state index contributed by atoms with van der Waals surface area (Å²) in [6.07, 6.45) is -3.54. The summed E-state index contributed by atoms with van der Waals surface area (Å²) < 4.78 is 67.1. The van der Waals surface area contributed by atoms with Crippen molar-refractivity contribution in [3.63, 3.8) is 0 Å². The van der Waals surface area contributed by atoms with Gasteiger partial charge in [0.25, 0.3) is 0 Å². The Morgan fingerprint density at radius 3 is 2.61 bits per heavy atom. The van der Waals surface area contributed by atoms with Crippen LogP contribution in [-0.4, -0.2) is 66.8 Å². The first-order chi connectivity index (χ1) is 19.5. The van der Waals surface area contributed by atoms with Gasteiger partial charge < -0.3 is 29.3 Å². The molecule has 41 heavy (non-hydrogen) atoms. The van der Waals surface area contributed by atoms with Crippen LogP contribution in [0.1, 0.15) is 30.5 Å². The van der Waals surface area contributed by atoms with E-state index >= 15 is 0 Å². The number of carboxylic acid groups (broad SMARTS) is 1. The molecule has 1 saturated heterocycles. The molecular formula is C27H27F4N5O4S. The Hall–Kier alpha value is -4.07. The van der Waals surface area contributed by atoms with E-state index in [0.29, 0.717) is 31.2 Å². The zero-order valence-electron chi connectivity index (χ0n) is 22.4. The number of halogens is 4. The summed E-state index contributed by atoms with van der Waals surface area (Å²) in [4.78, 5) is 26.4. The van der Waals surface area contributed by atoms with Crippen molar-refractivity contribution in [1.29, 1.82) is 0 Å². The van der Waals surface area contributed by atoms with Gasteiger partial charge in [0.2, 0.25) is 11.1 Å². The Morgan fingerprint density at radius 1 is 1.17 bits per heavy atom. The number of carbonyl (C=O) groups is 1. The SMILES string of the molecule is COc1ccnc(N2CCN(C3=Nc4c(csc4F)C(CC(=O)O)N3c3cc(C(F)(F)F)ccc3OC)C[C@H]2C)c1. The number of anilines is 2. The molecular weight excluding hydrogens is 566 g/mol. The van der Waals surface area contributed by atoms with Crippen molar-refractivity contribution in [2.45, 2.75) is 31.6 Å². The number of piperazine rings is 1. The minimum atomic E-state index is -4.67. The third-order valence-corrected chi connectivity index (χ3v) is 7.91. The molecule has 1 aromatic carbocycles. The summed E-state index contributed by atoms with van der Waals surface area (Å²) in [6, 6.07) is 5.34. The molecule has 0 bridgehead atoms. The van der Waals surface area contributed by atoms with Crippen LogP contribution < -0.4 is 19.3 Å². The Balaban J connectivity index is 1.60. The fraction of sp³-hybridized carbons (Fsp3) is 0.370. The average Bonchev–Trinajstić information content (AvgIpc) is 3.32. The molecule has 218 valence electrons. The number of hydrogen-bond acceptors (Lipinski definition) is 9. The molecule has 3 aromatic rings. The van der Waals surface area contributed by atoms with Crippen LogP contribution in [0.5, 0.6) is 11.5 Å². The van der Waals surface area contributed by atoms with Gasteiger partial charge in [-0.05, 0) is 31.2 Å². The molecule has 2 aliphatic rings. The van der Waals surface area contributed by atoms with E-state index in [0.717, 1.165) is 23.5 Å². The minimum absolute atomic E-state index is 0.0111. The van der Waals surface area contributed by atoms with Crippen molar-refractivity contribution in [2.75, 3.05) is 43.7 Å². The molecule has 1 N–H and O–H groups in total. The van der Waals surface area contributed by atoms with Crippen LogP contribution in [-0.2, 0) is 11.0 Å². The molecule has 14 heteroatoms. The van der Waals surface area contributed by atoms with Crippen molar-refractivity contribution < 1.29 is 36.9 Å². The van der Waals surface area contributed by atoms with E-state index in [1.165, 1.54) is 23.5 Å². The Kier molecular flexibility index (Phi) is 7.68. The fourth-order valence-electron chi connectivity index (χ4n) is 5.20. The van der Waals surface area contributed by atoms with E-state index in [-0.39, 0.29) is 34.7 Å². The average molecular weight is 594 g/mol. The molecule has 0 spiro atoms. The third kappa shape index (κ3) is 5.47. The van der Waals surface area contributed by atoms with Gasteiger partial charge in [0.05, 0.1) is 37.9 Å².